The fourth-order valence-electron chi connectivity index (χ4n) is 2.13. The summed E-state index contributed by atoms with van der Waals surface area (Å²) in [6.07, 6.45) is 1.09. The summed E-state index contributed by atoms with van der Waals surface area (Å²) in [6, 6.07) is 2.59. The van der Waals surface area contributed by atoms with E-state index < -0.39 is 23.6 Å². The van der Waals surface area contributed by atoms with Crippen LogP contribution in [0.5, 0.6) is 0 Å². The largest absolute Gasteiger partial charge is 0.481 e. The molecule has 1 unspecified atom stereocenters. The standard InChI is InChI=1S/C13H14F2N4O2/c1-2-3-9(7-12(20)21)19-13(16-17-18-19)10-5-4-8(14)6-11(10)15/h4-6,9H,2-3,7H2,1H3,(H,20,21). The highest BCUT2D eigenvalue weighted by molar-refractivity contribution is 5.67. The van der Waals surface area contributed by atoms with Crippen molar-refractivity contribution in [1.29, 1.82) is 0 Å². The zero-order valence-electron chi connectivity index (χ0n) is 11.3. The summed E-state index contributed by atoms with van der Waals surface area (Å²) in [6.45, 7) is 1.90. The summed E-state index contributed by atoms with van der Waals surface area (Å²) in [4.78, 5) is 10.9. The van der Waals surface area contributed by atoms with Crippen molar-refractivity contribution in [3.63, 3.8) is 0 Å². The van der Waals surface area contributed by atoms with Gasteiger partial charge in [0.2, 0.25) is 0 Å². The van der Waals surface area contributed by atoms with E-state index in [1.54, 1.807) is 0 Å². The zero-order valence-corrected chi connectivity index (χ0v) is 11.3. The number of carboxylic acids is 1. The van der Waals surface area contributed by atoms with Gasteiger partial charge in [0.1, 0.15) is 11.6 Å². The zero-order chi connectivity index (χ0) is 15.4. The van der Waals surface area contributed by atoms with Crippen molar-refractivity contribution in [3.05, 3.63) is 29.8 Å². The second kappa shape index (κ2) is 6.38. The quantitative estimate of drug-likeness (QED) is 0.885. The number of aromatic nitrogens is 4. The van der Waals surface area contributed by atoms with Gasteiger partial charge >= 0.3 is 5.97 Å². The number of aliphatic carboxylic acids is 1. The molecule has 0 aliphatic carbocycles. The highest BCUT2D eigenvalue weighted by Crippen LogP contribution is 2.26. The average Bonchev–Trinajstić information content (AvgIpc) is 2.86. The molecule has 0 saturated carbocycles. The van der Waals surface area contributed by atoms with Crippen LogP contribution in [0.25, 0.3) is 11.4 Å². The van der Waals surface area contributed by atoms with Crippen LogP contribution in [0.3, 0.4) is 0 Å². The van der Waals surface area contributed by atoms with Gasteiger partial charge in [-0.05, 0) is 29.0 Å². The van der Waals surface area contributed by atoms with Crippen LogP contribution in [-0.4, -0.2) is 31.3 Å². The van der Waals surface area contributed by atoms with E-state index in [2.05, 4.69) is 15.5 Å². The van der Waals surface area contributed by atoms with Gasteiger partial charge in [-0.3, -0.25) is 4.79 Å². The second-order valence-electron chi connectivity index (χ2n) is 4.61. The van der Waals surface area contributed by atoms with E-state index in [9.17, 15) is 13.6 Å². The molecule has 0 aliphatic rings. The molecule has 0 aliphatic heterocycles. The fraction of sp³-hybridized carbons (Fsp3) is 0.385. The molecule has 1 aromatic carbocycles. The first-order valence-electron chi connectivity index (χ1n) is 6.48. The molecule has 8 heteroatoms. The molecule has 0 radical (unpaired) electrons. The normalized spacial score (nSPS) is 12.3. The van der Waals surface area contributed by atoms with E-state index in [-0.39, 0.29) is 17.8 Å². The predicted molar refractivity (Wildman–Crippen MR) is 69.4 cm³/mol. The molecule has 2 aromatic rings. The molecule has 2 rings (SSSR count). The molecule has 21 heavy (non-hydrogen) atoms. The monoisotopic (exact) mass is 296 g/mol. The SMILES string of the molecule is CCCC(CC(=O)O)n1nnnc1-c1ccc(F)cc1F. The van der Waals surface area contributed by atoms with E-state index in [0.717, 1.165) is 18.6 Å². The molecule has 0 amide bonds. The molecule has 1 aromatic heterocycles. The Bertz CT molecular complexity index is 645. The molecule has 0 saturated heterocycles. The Hall–Kier alpha value is -2.38. The summed E-state index contributed by atoms with van der Waals surface area (Å²) in [5.41, 5.74) is 0.0351. The number of carbonyl (C=O) groups is 1. The number of halogens is 2. The van der Waals surface area contributed by atoms with Gasteiger partial charge < -0.3 is 5.11 Å². The first kappa shape index (κ1) is 15.0. The summed E-state index contributed by atoms with van der Waals surface area (Å²) in [5.74, 6) is -2.40. The van der Waals surface area contributed by atoms with Crippen molar-refractivity contribution < 1.29 is 18.7 Å². The van der Waals surface area contributed by atoms with Crippen molar-refractivity contribution in [2.24, 2.45) is 0 Å². The number of tetrazole rings is 1. The molecule has 0 fully saturated rings. The summed E-state index contributed by atoms with van der Waals surface area (Å²) in [7, 11) is 0. The van der Waals surface area contributed by atoms with Gasteiger partial charge in [0, 0.05) is 6.07 Å². The lowest BCUT2D eigenvalue weighted by atomic mass is 10.1. The fourth-order valence-corrected chi connectivity index (χ4v) is 2.13. The van der Waals surface area contributed by atoms with Crippen LogP contribution in [0.4, 0.5) is 8.78 Å². The summed E-state index contributed by atoms with van der Waals surface area (Å²) < 4.78 is 28.1. The van der Waals surface area contributed by atoms with Crippen molar-refractivity contribution in [3.8, 4) is 11.4 Å². The average molecular weight is 296 g/mol. The Labute approximate surface area is 119 Å². The van der Waals surface area contributed by atoms with Gasteiger partial charge in [-0.2, -0.15) is 0 Å². The smallest absolute Gasteiger partial charge is 0.305 e. The lowest BCUT2D eigenvalue weighted by Gasteiger charge is -2.15. The molecule has 1 N–H and O–H groups in total. The van der Waals surface area contributed by atoms with Gasteiger partial charge in [-0.15, -0.1) is 5.10 Å². The molecule has 112 valence electrons. The number of benzene rings is 1. The van der Waals surface area contributed by atoms with E-state index in [1.165, 1.54) is 10.7 Å². The molecular weight excluding hydrogens is 282 g/mol. The second-order valence-corrected chi connectivity index (χ2v) is 4.61. The van der Waals surface area contributed by atoms with Crippen molar-refractivity contribution >= 4 is 5.97 Å². The molecule has 1 heterocycles. The van der Waals surface area contributed by atoms with Crippen LogP contribution in [-0.2, 0) is 4.79 Å². The highest BCUT2D eigenvalue weighted by atomic mass is 19.1. The van der Waals surface area contributed by atoms with Crippen LogP contribution in [0.1, 0.15) is 32.2 Å². The van der Waals surface area contributed by atoms with E-state index in [0.29, 0.717) is 6.42 Å². The van der Waals surface area contributed by atoms with Gasteiger partial charge in [-0.25, -0.2) is 13.5 Å². The minimum atomic E-state index is -0.991. The van der Waals surface area contributed by atoms with Crippen LogP contribution >= 0.6 is 0 Å². The van der Waals surface area contributed by atoms with Crippen LogP contribution in [0.2, 0.25) is 0 Å². The van der Waals surface area contributed by atoms with E-state index in [4.69, 9.17) is 5.11 Å². The summed E-state index contributed by atoms with van der Waals surface area (Å²) in [5, 5.41) is 19.9. The third-order valence-corrected chi connectivity index (χ3v) is 3.04. The minimum Gasteiger partial charge on any atom is -0.481 e. The van der Waals surface area contributed by atoms with Crippen LogP contribution in [0, 0.1) is 11.6 Å². The lowest BCUT2D eigenvalue weighted by Crippen LogP contribution is -2.16. The van der Waals surface area contributed by atoms with Crippen molar-refractivity contribution in [2.75, 3.05) is 0 Å². The molecule has 0 spiro atoms. The number of rotatable bonds is 6. The van der Waals surface area contributed by atoms with Gasteiger partial charge in [0.05, 0.1) is 18.0 Å². The molecule has 1 atom stereocenters. The minimum absolute atomic E-state index is 0.0351. The van der Waals surface area contributed by atoms with Gasteiger partial charge in [-0.1, -0.05) is 13.3 Å². The van der Waals surface area contributed by atoms with Crippen molar-refractivity contribution in [1.82, 2.24) is 20.2 Å². The number of hydrogen-bond donors (Lipinski definition) is 1. The van der Waals surface area contributed by atoms with E-state index >= 15 is 0 Å². The number of carboxylic acid groups (broad SMARTS) is 1. The van der Waals surface area contributed by atoms with Crippen LogP contribution in [0.15, 0.2) is 18.2 Å². The maximum absolute atomic E-state index is 13.8. The van der Waals surface area contributed by atoms with Gasteiger partial charge in [0.15, 0.2) is 5.82 Å². The highest BCUT2D eigenvalue weighted by Gasteiger charge is 2.22. The van der Waals surface area contributed by atoms with Gasteiger partial charge in [0.25, 0.3) is 0 Å². The summed E-state index contributed by atoms with van der Waals surface area (Å²) >= 11 is 0. The van der Waals surface area contributed by atoms with Crippen LogP contribution < -0.4 is 0 Å². The Morgan fingerprint density at radius 3 is 2.81 bits per heavy atom. The first-order chi connectivity index (χ1) is 10.0. The lowest BCUT2D eigenvalue weighted by molar-refractivity contribution is -0.138. The third-order valence-electron chi connectivity index (χ3n) is 3.04. The van der Waals surface area contributed by atoms with Crippen molar-refractivity contribution in [2.45, 2.75) is 32.2 Å². The maximum Gasteiger partial charge on any atom is 0.305 e. The Morgan fingerprint density at radius 2 is 2.19 bits per heavy atom. The molecular formula is C13H14F2N4O2. The molecule has 0 bridgehead atoms. The Morgan fingerprint density at radius 1 is 1.43 bits per heavy atom. The maximum atomic E-state index is 13.8. The number of hydrogen-bond acceptors (Lipinski definition) is 4. The Kier molecular flexibility index (Phi) is 4.56. The topological polar surface area (TPSA) is 80.9 Å². The third kappa shape index (κ3) is 3.39. The van der Waals surface area contributed by atoms with E-state index in [1.807, 2.05) is 6.92 Å². The molecule has 6 nitrogen and oxygen atoms in total. The number of nitrogens with zero attached hydrogens (tertiary/aromatic N) is 4. The predicted octanol–water partition coefficient (Wildman–Crippen LogP) is 2.43. The first-order valence-corrected chi connectivity index (χ1v) is 6.48. The Balaban J connectivity index is 2.42.